The number of amides is 3. The van der Waals surface area contributed by atoms with Gasteiger partial charge in [0.1, 0.15) is 5.75 Å². The zero-order valence-corrected chi connectivity index (χ0v) is 16.9. The highest BCUT2D eigenvalue weighted by molar-refractivity contribution is 6.22. The number of aromatic nitrogens is 1. The van der Waals surface area contributed by atoms with Crippen molar-refractivity contribution in [3.8, 4) is 5.75 Å². The third kappa shape index (κ3) is 3.91. The minimum atomic E-state index is -0.486. The van der Waals surface area contributed by atoms with Crippen LogP contribution in [0.2, 0.25) is 0 Å². The Hall–Kier alpha value is -3.26. The Morgan fingerprint density at radius 1 is 1.10 bits per heavy atom. The molecule has 2 aliphatic heterocycles. The maximum atomic E-state index is 13.0. The van der Waals surface area contributed by atoms with Crippen LogP contribution in [0.25, 0.3) is 0 Å². The lowest BCUT2D eigenvalue weighted by Crippen LogP contribution is -2.53. The van der Waals surface area contributed by atoms with Gasteiger partial charge in [-0.3, -0.25) is 24.3 Å². The standard InChI is InChI=1S/C22H24N4O4/c1-2-30-18-7-5-17(6-8-18)26-20(27)14-19(22(26)29)24-10-12-25(13-11-24)21(28)16-4-3-9-23-15-16/h3-9,15,19H,2,10-14H2,1H3/t19-/m1/s1. The maximum absolute atomic E-state index is 13.0. The number of benzene rings is 1. The molecule has 1 atom stereocenters. The molecular weight excluding hydrogens is 384 g/mol. The molecule has 0 spiro atoms. The first-order valence-electron chi connectivity index (χ1n) is 10.1. The molecule has 0 aliphatic carbocycles. The molecule has 1 aromatic heterocycles. The number of pyridine rings is 1. The molecule has 2 aromatic rings. The molecule has 3 amide bonds. The molecule has 156 valence electrons. The van der Waals surface area contributed by atoms with Crippen molar-refractivity contribution >= 4 is 23.4 Å². The lowest BCUT2D eigenvalue weighted by molar-refractivity contribution is -0.123. The Bertz CT molecular complexity index is 924. The number of carbonyl (C=O) groups excluding carboxylic acids is 3. The monoisotopic (exact) mass is 408 g/mol. The molecule has 2 saturated heterocycles. The van der Waals surface area contributed by atoms with Crippen LogP contribution in [0, 0.1) is 0 Å². The molecule has 0 bridgehead atoms. The van der Waals surface area contributed by atoms with Crippen LogP contribution < -0.4 is 9.64 Å². The molecule has 0 N–H and O–H groups in total. The SMILES string of the molecule is CCOc1ccc(N2C(=O)C[C@@H](N3CCN(C(=O)c4cccnc4)CC3)C2=O)cc1. The molecule has 1 aromatic carbocycles. The van der Waals surface area contributed by atoms with E-state index in [2.05, 4.69) is 4.98 Å². The van der Waals surface area contributed by atoms with E-state index in [4.69, 9.17) is 4.74 Å². The molecule has 0 radical (unpaired) electrons. The van der Waals surface area contributed by atoms with Crippen LogP contribution in [0.1, 0.15) is 23.7 Å². The highest BCUT2D eigenvalue weighted by Crippen LogP contribution is 2.28. The summed E-state index contributed by atoms with van der Waals surface area (Å²) in [5.41, 5.74) is 1.11. The Labute approximate surface area is 175 Å². The smallest absolute Gasteiger partial charge is 0.255 e. The van der Waals surface area contributed by atoms with Crippen LogP contribution >= 0.6 is 0 Å². The summed E-state index contributed by atoms with van der Waals surface area (Å²) in [6.45, 7) is 4.57. The van der Waals surface area contributed by atoms with Gasteiger partial charge in [0.05, 0.1) is 30.3 Å². The average molecular weight is 408 g/mol. The van der Waals surface area contributed by atoms with E-state index in [9.17, 15) is 14.4 Å². The maximum Gasteiger partial charge on any atom is 0.255 e. The predicted molar refractivity (Wildman–Crippen MR) is 110 cm³/mol. The molecule has 4 rings (SSSR count). The van der Waals surface area contributed by atoms with Crippen LogP contribution in [0.4, 0.5) is 5.69 Å². The third-order valence-corrected chi connectivity index (χ3v) is 5.48. The minimum absolute atomic E-state index is 0.0624. The third-order valence-electron chi connectivity index (χ3n) is 5.48. The van der Waals surface area contributed by atoms with Gasteiger partial charge < -0.3 is 9.64 Å². The quantitative estimate of drug-likeness (QED) is 0.699. The number of hydrogen-bond acceptors (Lipinski definition) is 6. The van der Waals surface area contributed by atoms with E-state index in [1.54, 1.807) is 53.7 Å². The Balaban J connectivity index is 1.39. The van der Waals surface area contributed by atoms with E-state index < -0.39 is 6.04 Å². The summed E-state index contributed by atoms with van der Waals surface area (Å²) in [7, 11) is 0. The van der Waals surface area contributed by atoms with Crippen molar-refractivity contribution in [3.63, 3.8) is 0 Å². The van der Waals surface area contributed by atoms with E-state index in [0.29, 0.717) is 49.8 Å². The zero-order chi connectivity index (χ0) is 21.1. The van der Waals surface area contributed by atoms with Crippen molar-refractivity contribution in [2.45, 2.75) is 19.4 Å². The number of rotatable bonds is 5. The van der Waals surface area contributed by atoms with Gasteiger partial charge in [0.25, 0.3) is 11.8 Å². The van der Waals surface area contributed by atoms with Gasteiger partial charge in [-0.25, -0.2) is 4.90 Å². The fourth-order valence-electron chi connectivity index (χ4n) is 3.94. The van der Waals surface area contributed by atoms with E-state index in [1.165, 1.54) is 4.90 Å². The van der Waals surface area contributed by atoms with Gasteiger partial charge in [-0.1, -0.05) is 0 Å². The molecule has 30 heavy (non-hydrogen) atoms. The van der Waals surface area contributed by atoms with Gasteiger partial charge in [-0.05, 0) is 43.3 Å². The van der Waals surface area contributed by atoms with Crippen LogP contribution in [0.15, 0.2) is 48.8 Å². The van der Waals surface area contributed by atoms with Crippen LogP contribution in [-0.2, 0) is 9.59 Å². The highest BCUT2D eigenvalue weighted by atomic mass is 16.5. The second-order valence-electron chi connectivity index (χ2n) is 7.28. The molecule has 2 aliphatic rings. The fourth-order valence-corrected chi connectivity index (χ4v) is 3.94. The van der Waals surface area contributed by atoms with Crippen LogP contribution in [0.5, 0.6) is 5.75 Å². The fraction of sp³-hybridized carbons (Fsp3) is 0.364. The molecule has 3 heterocycles. The topological polar surface area (TPSA) is 83.1 Å². The summed E-state index contributed by atoms with van der Waals surface area (Å²) in [4.78, 5) is 47.2. The van der Waals surface area contributed by atoms with Gasteiger partial charge in [-0.15, -0.1) is 0 Å². The average Bonchev–Trinajstić information content (AvgIpc) is 3.09. The van der Waals surface area contributed by atoms with Gasteiger partial charge in [0, 0.05) is 38.6 Å². The van der Waals surface area contributed by atoms with Crippen molar-refractivity contribution < 1.29 is 19.1 Å². The Morgan fingerprint density at radius 2 is 1.83 bits per heavy atom. The summed E-state index contributed by atoms with van der Waals surface area (Å²) in [5.74, 6) is 0.220. The normalized spacial score (nSPS) is 20.0. The van der Waals surface area contributed by atoms with Crippen molar-refractivity contribution in [1.82, 2.24) is 14.8 Å². The predicted octanol–water partition coefficient (Wildman–Crippen LogP) is 1.57. The number of ether oxygens (including phenoxy) is 1. The van der Waals surface area contributed by atoms with Crippen molar-refractivity contribution in [1.29, 1.82) is 0 Å². The van der Waals surface area contributed by atoms with E-state index in [1.807, 2.05) is 11.8 Å². The van der Waals surface area contributed by atoms with E-state index in [0.717, 1.165) is 0 Å². The van der Waals surface area contributed by atoms with Crippen molar-refractivity contribution in [3.05, 3.63) is 54.4 Å². The number of hydrogen-bond donors (Lipinski definition) is 0. The molecule has 8 heteroatoms. The van der Waals surface area contributed by atoms with Gasteiger partial charge in [-0.2, -0.15) is 0 Å². The number of piperazine rings is 1. The molecule has 8 nitrogen and oxygen atoms in total. The van der Waals surface area contributed by atoms with Crippen LogP contribution in [-0.4, -0.2) is 71.3 Å². The van der Waals surface area contributed by atoms with E-state index in [-0.39, 0.29) is 24.1 Å². The molecule has 2 fully saturated rings. The Kier molecular flexibility index (Phi) is 5.76. The molecule has 0 unspecified atom stereocenters. The summed E-state index contributed by atoms with van der Waals surface area (Å²) >= 11 is 0. The van der Waals surface area contributed by atoms with Crippen molar-refractivity contribution in [2.75, 3.05) is 37.7 Å². The Morgan fingerprint density at radius 3 is 2.47 bits per heavy atom. The highest BCUT2D eigenvalue weighted by Gasteiger charge is 2.43. The summed E-state index contributed by atoms with van der Waals surface area (Å²) in [5, 5.41) is 0. The number of nitrogens with zero attached hydrogens (tertiary/aromatic N) is 4. The number of carbonyl (C=O) groups is 3. The lowest BCUT2D eigenvalue weighted by atomic mass is 10.1. The lowest BCUT2D eigenvalue weighted by Gasteiger charge is -2.37. The second kappa shape index (κ2) is 8.62. The summed E-state index contributed by atoms with van der Waals surface area (Å²) < 4.78 is 5.42. The van der Waals surface area contributed by atoms with E-state index >= 15 is 0 Å². The first-order valence-corrected chi connectivity index (χ1v) is 10.1. The van der Waals surface area contributed by atoms with Gasteiger partial charge in [0.2, 0.25) is 5.91 Å². The van der Waals surface area contributed by atoms with Gasteiger partial charge >= 0.3 is 0 Å². The number of imide groups is 1. The molecular formula is C22H24N4O4. The van der Waals surface area contributed by atoms with Crippen LogP contribution in [0.3, 0.4) is 0 Å². The zero-order valence-electron chi connectivity index (χ0n) is 16.9. The van der Waals surface area contributed by atoms with Gasteiger partial charge in [0.15, 0.2) is 0 Å². The number of anilines is 1. The summed E-state index contributed by atoms with van der Waals surface area (Å²) in [6, 6.07) is 9.98. The van der Waals surface area contributed by atoms with Crippen molar-refractivity contribution in [2.24, 2.45) is 0 Å². The minimum Gasteiger partial charge on any atom is -0.494 e. The molecule has 0 saturated carbocycles. The first kappa shape index (κ1) is 20.0. The largest absolute Gasteiger partial charge is 0.494 e. The summed E-state index contributed by atoms with van der Waals surface area (Å²) in [6.07, 6.45) is 3.35. The second-order valence-corrected chi connectivity index (χ2v) is 7.28. The first-order chi connectivity index (χ1) is 14.6.